The summed E-state index contributed by atoms with van der Waals surface area (Å²) in [5, 5.41) is 9.12. The van der Waals surface area contributed by atoms with Gasteiger partial charge in [0.2, 0.25) is 10.0 Å². The number of rotatable bonds is 8. The van der Waals surface area contributed by atoms with E-state index in [1.165, 1.54) is 0 Å². The van der Waals surface area contributed by atoms with Gasteiger partial charge in [0, 0.05) is 6.54 Å². The van der Waals surface area contributed by atoms with Crippen molar-refractivity contribution in [2.24, 2.45) is 0 Å². The van der Waals surface area contributed by atoms with E-state index in [4.69, 9.17) is 5.26 Å². The molecule has 0 saturated carbocycles. The Morgan fingerprint density at radius 1 is 1.17 bits per heavy atom. The molecule has 2 aromatic carbocycles. The summed E-state index contributed by atoms with van der Waals surface area (Å²) < 4.78 is 68.2. The van der Waals surface area contributed by atoms with Gasteiger partial charge in [0.25, 0.3) is 5.91 Å². The van der Waals surface area contributed by atoms with Gasteiger partial charge < -0.3 is 4.74 Å². The molecule has 1 atom stereocenters. The van der Waals surface area contributed by atoms with Crippen molar-refractivity contribution in [3.05, 3.63) is 60.2 Å². The Morgan fingerprint density at radius 2 is 1.77 bits per heavy atom. The summed E-state index contributed by atoms with van der Waals surface area (Å²) in [6.07, 6.45) is -3.23. The third-order valence-corrected chi connectivity index (χ3v) is 5.44. The highest BCUT2D eigenvalue weighted by Crippen LogP contribution is 2.24. The molecule has 1 unspecified atom stereocenters. The van der Waals surface area contributed by atoms with Crippen LogP contribution in [0.3, 0.4) is 0 Å². The van der Waals surface area contributed by atoms with Crippen molar-refractivity contribution in [1.82, 2.24) is 9.62 Å². The standard InChI is InChI=1S/C19H18F3N3O4S/c1-2-25(13-23)18(26)17(12-14-6-4-3-5-7-14)24-30(27,28)16-10-8-15(9-11-16)29-19(20,21)22/h3-11,17,24H,2,12H2,1H3. The Morgan fingerprint density at radius 3 is 2.27 bits per heavy atom. The van der Waals surface area contributed by atoms with Crippen LogP contribution in [0.15, 0.2) is 59.5 Å². The predicted octanol–water partition coefficient (Wildman–Crippen LogP) is 2.80. The van der Waals surface area contributed by atoms with Gasteiger partial charge in [0.15, 0.2) is 6.19 Å². The lowest BCUT2D eigenvalue weighted by Crippen LogP contribution is -2.48. The molecule has 0 aliphatic heterocycles. The number of nitrogens with one attached hydrogen (secondary N) is 1. The lowest BCUT2D eigenvalue weighted by Gasteiger charge is -2.22. The predicted molar refractivity (Wildman–Crippen MR) is 100 cm³/mol. The van der Waals surface area contributed by atoms with Crippen molar-refractivity contribution in [2.75, 3.05) is 6.54 Å². The van der Waals surface area contributed by atoms with E-state index >= 15 is 0 Å². The number of hydrogen-bond acceptors (Lipinski definition) is 5. The van der Waals surface area contributed by atoms with Gasteiger partial charge in [0.1, 0.15) is 11.8 Å². The van der Waals surface area contributed by atoms with E-state index in [9.17, 15) is 26.4 Å². The average molecular weight is 441 g/mol. The SMILES string of the molecule is CCN(C#N)C(=O)C(Cc1ccccc1)NS(=O)(=O)c1ccc(OC(F)(F)F)cc1. The summed E-state index contributed by atoms with van der Waals surface area (Å²) in [4.78, 5) is 13.1. The zero-order chi connectivity index (χ0) is 22.4. The highest BCUT2D eigenvalue weighted by Gasteiger charge is 2.32. The number of nitriles is 1. The van der Waals surface area contributed by atoms with E-state index in [2.05, 4.69) is 9.46 Å². The van der Waals surface area contributed by atoms with E-state index in [-0.39, 0.29) is 17.9 Å². The maximum atomic E-state index is 12.7. The first-order valence-electron chi connectivity index (χ1n) is 8.69. The van der Waals surface area contributed by atoms with Crippen molar-refractivity contribution in [1.29, 1.82) is 5.26 Å². The van der Waals surface area contributed by atoms with Gasteiger partial charge in [-0.05, 0) is 43.2 Å². The van der Waals surface area contributed by atoms with Gasteiger partial charge in [-0.15, -0.1) is 13.2 Å². The zero-order valence-corrected chi connectivity index (χ0v) is 16.6. The molecule has 7 nitrogen and oxygen atoms in total. The molecule has 0 spiro atoms. The number of nitrogens with zero attached hydrogens (tertiary/aromatic N) is 2. The molecule has 1 N–H and O–H groups in total. The van der Waals surface area contributed by atoms with Gasteiger partial charge in [-0.25, -0.2) is 13.3 Å². The number of benzene rings is 2. The number of amides is 1. The van der Waals surface area contributed by atoms with Crippen molar-refractivity contribution in [2.45, 2.75) is 30.6 Å². The summed E-state index contributed by atoms with van der Waals surface area (Å²) in [6.45, 7) is 1.61. The van der Waals surface area contributed by atoms with Crippen LogP contribution in [0, 0.1) is 11.5 Å². The second-order valence-corrected chi connectivity index (χ2v) is 7.78. The van der Waals surface area contributed by atoms with Crippen LogP contribution >= 0.6 is 0 Å². The van der Waals surface area contributed by atoms with Crippen molar-refractivity contribution >= 4 is 15.9 Å². The van der Waals surface area contributed by atoms with Crippen molar-refractivity contribution in [3.63, 3.8) is 0 Å². The highest BCUT2D eigenvalue weighted by molar-refractivity contribution is 7.89. The number of carbonyl (C=O) groups excluding carboxylic acids is 1. The van der Waals surface area contributed by atoms with E-state index in [1.54, 1.807) is 43.4 Å². The Bertz CT molecular complexity index is 1000. The Hall–Kier alpha value is -3.10. The molecule has 0 aromatic heterocycles. The number of sulfonamides is 1. The maximum absolute atomic E-state index is 12.7. The second kappa shape index (κ2) is 9.60. The Labute approximate surface area is 171 Å². The lowest BCUT2D eigenvalue weighted by molar-refractivity contribution is -0.274. The molecule has 1 amide bonds. The fourth-order valence-corrected chi connectivity index (χ4v) is 3.76. The molecule has 2 aromatic rings. The number of halogens is 3. The molecule has 30 heavy (non-hydrogen) atoms. The second-order valence-electron chi connectivity index (χ2n) is 6.07. The molecule has 160 valence electrons. The lowest BCUT2D eigenvalue weighted by atomic mass is 10.1. The van der Waals surface area contributed by atoms with Crippen LogP contribution in [0.2, 0.25) is 0 Å². The minimum absolute atomic E-state index is 0.0215. The van der Waals surface area contributed by atoms with Crippen LogP contribution in [0.25, 0.3) is 0 Å². The number of alkyl halides is 3. The van der Waals surface area contributed by atoms with E-state index in [0.29, 0.717) is 5.56 Å². The van der Waals surface area contributed by atoms with Crippen LogP contribution in [0.1, 0.15) is 12.5 Å². The molecule has 0 aliphatic carbocycles. The van der Waals surface area contributed by atoms with Gasteiger partial charge in [-0.2, -0.15) is 9.98 Å². The number of hydrogen-bond donors (Lipinski definition) is 1. The first-order chi connectivity index (χ1) is 14.1. The first-order valence-corrected chi connectivity index (χ1v) is 10.2. The Kier molecular flexibility index (Phi) is 7.42. The quantitative estimate of drug-likeness (QED) is 0.502. The van der Waals surface area contributed by atoms with Crippen molar-refractivity contribution < 1.29 is 31.1 Å². The molecule has 0 aliphatic rings. The molecule has 2 rings (SSSR count). The van der Waals surface area contributed by atoms with E-state index in [1.807, 2.05) is 0 Å². The normalized spacial score (nSPS) is 12.6. The van der Waals surface area contributed by atoms with E-state index < -0.39 is 34.1 Å². The molecule has 0 heterocycles. The molecular weight excluding hydrogens is 423 g/mol. The minimum atomic E-state index is -4.91. The van der Waals surface area contributed by atoms with Crippen LogP contribution in [0.5, 0.6) is 5.75 Å². The third-order valence-electron chi connectivity index (χ3n) is 3.95. The van der Waals surface area contributed by atoms with Gasteiger partial charge in [0.05, 0.1) is 4.90 Å². The molecule has 11 heteroatoms. The fourth-order valence-electron chi connectivity index (χ4n) is 2.57. The van der Waals surface area contributed by atoms with Gasteiger partial charge in [-0.3, -0.25) is 4.79 Å². The van der Waals surface area contributed by atoms with Crippen LogP contribution in [-0.4, -0.2) is 38.2 Å². The van der Waals surface area contributed by atoms with Crippen LogP contribution < -0.4 is 9.46 Å². The summed E-state index contributed by atoms with van der Waals surface area (Å²) in [5.74, 6) is -1.33. The number of ether oxygens (including phenoxy) is 1. The largest absolute Gasteiger partial charge is 0.573 e. The third kappa shape index (κ3) is 6.47. The zero-order valence-electron chi connectivity index (χ0n) is 15.8. The molecular formula is C19H18F3N3O4S. The monoisotopic (exact) mass is 441 g/mol. The number of carbonyl (C=O) groups is 1. The summed E-state index contributed by atoms with van der Waals surface area (Å²) in [6, 6.07) is 10.8. The highest BCUT2D eigenvalue weighted by atomic mass is 32.2. The molecule has 0 bridgehead atoms. The fraction of sp³-hybridized carbons (Fsp3) is 0.263. The summed E-state index contributed by atoms with van der Waals surface area (Å²) in [5.41, 5.74) is 0.654. The van der Waals surface area contributed by atoms with Crippen LogP contribution in [0.4, 0.5) is 13.2 Å². The average Bonchev–Trinajstić information content (AvgIpc) is 2.68. The van der Waals surface area contributed by atoms with E-state index in [0.717, 1.165) is 29.2 Å². The number of likely N-dealkylation sites (N-methyl/N-ethyl adjacent to an activating group) is 1. The Balaban J connectivity index is 2.28. The van der Waals surface area contributed by atoms with Crippen LogP contribution in [-0.2, 0) is 21.2 Å². The molecule has 0 saturated heterocycles. The first kappa shape index (κ1) is 23.2. The topological polar surface area (TPSA) is 99.5 Å². The summed E-state index contributed by atoms with van der Waals surface area (Å²) in [7, 11) is -4.28. The van der Waals surface area contributed by atoms with Gasteiger partial charge >= 0.3 is 6.36 Å². The van der Waals surface area contributed by atoms with Crippen molar-refractivity contribution in [3.8, 4) is 11.9 Å². The minimum Gasteiger partial charge on any atom is -0.406 e. The molecule has 0 fully saturated rings. The smallest absolute Gasteiger partial charge is 0.406 e. The summed E-state index contributed by atoms with van der Waals surface area (Å²) >= 11 is 0. The molecule has 0 radical (unpaired) electrons. The maximum Gasteiger partial charge on any atom is 0.573 e. The van der Waals surface area contributed by atoms with Gasteiger partial charge in [-0.1, -0.05) is 30.3 Å².